The van der Waals surface area contributed by atoms with Crippen LogP contribution in [0.5, 0.6) is 0 Å². The van der Waals surface area contributed by atoms with E-state index in [0.29, 0.717) is 29.1 Å². The summed E-state index contributed by atoms with van der Waals surface area (Å²) < 4.78 is 83.0. The van der Waals surface area contributed by atoms with Gasteiger partial charge in [-0.2, -0.15) is 36.5 Å². The molecule has 0 atom stereocenters. The maximum Gasteiger partial charge on any atom is 0.436 e. The number of carbonyl (C=O) groups is 2. The van der Waals surface area contributed by atoms with Gasteiger partial charge in [-0.15, -0.1) is 11.3 Å². The van der Waals surface area contributed by atoms with Gasteiger partial charge >= 0.3 is 12.4 Å². The summed E-state index contributed by atoms with van der Waals surface area (Å²) in [6, 6.07) is 0.808. The van der Waals surface area contributed by atoms with Gasteiger partial charge in [0.15, 0.2) is 5.69 Å². The van der Waals surface area contributed by atoms with E-state index in [1.54, 1.807) is 13.8 Å². The van der Waals surface area contributed by atoms with Crippen LogP contribution in [0.1, 0.15) is 45.8 Å². The Kier molecular flexibility index (Phi) is 7.74. The standard InChI is InChI=1S/C23H20BrF6N7O2S/c1-4-36-8-12(9(2)34-36)11-7-13(22(25,26)27)32-21-15(11)17(18(40-21)20(31)39)33-14(38)5-6-37-10(3)16(24)19(35-37)23(28,29)30/h7-8H,4-6H2,1-3H3,(H2,31,39)(H,33,38). The largest absolute Gasteiger partial charge is 0.436 e. The summed E-state index contributed by atoms with van der Waals surface area (Å²) in [5.74, 6) is -1.76. The van der Waals surface area contributed by atoms with Crippen molar-refractivity contribution in [2.24, 2.45) is 5.73 Å². The number of nitrogens with one attached hydrogen (secondary N) is 1. The lowest BCUT2D eigenvalue weighted by atomic mass is 10.0. The van der Waals surface area contributed by atoms with Gasteiger partial charge in [0, 0.05) is 30.1 Å². The minimum atomic E-state index is -4.82. The van der Waals surface area contributed by atoms with Crippen LogP contribution in [0.25, 0.3) is 21.3 Å². The van der Waals surface area contributed by atoms with Crippen molar-refractivity contribution in [1.82, 2.24) is 24.5 Å². The number of hydrogen-bond donors (Lipinski definition) is 2. The summed E-state index contributed by atoms with van der Waals surface area (Å²) in [6.45, 7) is 4.95. The van der Waals surface area contributed by atoms with Crippen LogP contribution in [0.2, 0.25) is 0 Å². The quantitative estimate of drug-likeness (QED) is 0.240. The van der Waals surface area contributed by atoms with Crippen LogP contribution in [0.4, 0.5) is 32.0 Å². The minimum absolute atomic E-state index is 0.0234. The number of anilines is 1. The third kappa shape index (κ3) is 5.56. The number of thiophene rings is 1. The van der Waals surface area contributed by atoms with Gasteiger partial charge in [0.05, 0.1) is 28.1 Å². The van der Waals surface area contributed by atoms with Crippen molar-refractivity contribution in [3.05, 3.63) is 44.4 Å². The molecule has 0 fully saturated rings. The number of alkyl halides is 6. The van der Waals surface area contributed by atoms with Gasteiger partial charge in [-0.3, -0.25) is 19.0 Å². The second-order valence-electron chi connectivity index (χ2n) is 8.65. The normalized spacial score (nSPS) is 12.3. The monoisotopic (exact) mass is 651 g/mol. The Labute approximate surface area is 234 Å². The predicted octanol–water partition coefficient (Wildman–Crippen LogP) is 5.92. The summed E-state index contributed by atoms with van der Waals surface area (Å²) in [5.41, 5.74) is 3.86. The lowest BCUT2D eigenvalue weighted by Crippen LogP contribution is -2.19. The zero-order valence-corrected chi connectivity index (χ0v) is 23.4. The molecule has 4 heterocycles. The Balaban J connectivity index is 1.78. The van der Waals surface area contributed by atoms with E-state index in [0.717, 1.165) is 10.7 Å². The number of fused-ring (bicyclic) bond motifs is 1. The maximum absolute atomic E-state index is 13.7. The molecule has 0 saturated heterocycles. The summed E-state index contributed by atoms with van der Waals surface area (Å²) >= 11 is 3.44. The van der Waals surface area contributed by atoms with Crippen LogP contribution in [-0.2, 0) is 30.2 Å². The fourth-order valence-corrected chi connectivity index (χ4v) is 5.54. The highest BCUT2D eigenvalue weighted by atomic mass is 79.9. The van der Waals surface area contributed by atoms with Crippen molar-refractivity contribution >= 4 is 55.0 Å². The van der Waals surface area contributed by atoms with Crippen LogP contribution in [0, 0.1) is 13.8 Å². The molecule has 0 spiro atoms. The molecule has 0 aromatic carbocycles. The van der Waals surface area contributed by atoms with Gasteiger partial charge < -0.3 is 11.1 Å². The molecule has 40 heavy (non-hydrogen) atoms. The Morgan fingerprint density at radius 2 is 1.77 bits per heavy atom. The molecule has 4 aromatic rings. The third-order valence-electron chi connectivity index (χ3n) is 5.95. The molecule has 4 rings (SSSR count). The lowest BCUT2D eigenvalue weighted by Gasteiger charge is -2.12. The highest BCUT2D eigenvalue weighted by molar-refractivity contribution is 9.10. The van der Waals surface area contributed by atoms with Crippen LogP contribution >= 0.6 is 27.3 Å². The molecule has 0 aliphatic carbocycles. The van der Waals surface area contributed by atoms with Crippen molar-refractivity contribution in [3.8, 4) is 11.1 Å². The van der Waals surface area contributed by atoms with Gasteiger partial charge in [0.1, 0.15) is 15.4 Å². The molecular weight excluding hydrogens is 632 g/mol. The second-order valence-corrected chi connectivity index (χ2v) is 10.4. The Bertz CT molecular complexity index is 1640. The average molecular weight is 652 g/mol. The number of halogens is 7. The van der Waals surface area contributed by atoms with E-state index in [2.05, 4.69) is 36.4 Å². The molecule has 9 nitrogen and oxygen atoms in total. The number of pyridine rings is 1. The van der Waals surface area contributed by atoms with Crippen LogP contribution < -0.4 is 11.1 Å². The molecular formula is C23H20BrF6N7O2S. The molecule has 0 aliphatic heterocycles. The molecule has 0 unspecified atom stereocenters. The summed E-state index contributed by atoms with van der Waals surface area (Å²) in [6.07, 6.45) is -8.37. The van der Waals surface area contributed by atoms with E-state index in [1.165, 1.54) is 17.8 Å². The van der Waals surface area contributed by atoms with Crippen LogP contribution in [0.3, 0.4) is 0 Å². The Morgan fingerprint density at radius 3 is 2.30 bits per heavy atom. The fraction of sp³-hybridized carbons (Fsp3) is 0.348. The average Bonchev–Trinajstić information content (AvgIpc) is 3.50. The molecule has 17 heteroatoms. The van der Waals surface area contributed by atoms with Crippen molar-refractivity contribution in [3.63, 3.8) is 0 Å². The molecule has 0 bridgehead atoms. The SMILES string of the molecule is CCn1cc(-c2cc(C(F)(F)F)nc3sc(C(N)=O)c(NC(=O)CCn4nc(C(F)(F)F)c(Br)c4C)c23)c(C)n1. The van der Waals surface area contributed by atoms with E-state index < -0.39 is 35.6 Å². The number of aryl methyl sites for hydroxylation is 3. The van der Waals surface area contributed by atoms with Gasteiger partial charge in [-0.1, -0.05) is 0 Å². The first-order chi connectivity index (χ1) is 18.5. The van der Waals surface area contributed by atoms with Gasteiger partial charge in [0.25, 0.3) is 5.91 Å². The summed E-state index contributed by atoms with van der Waals surface area (Å²) in [7, 11) is 0. The zero-order valence-electron chi connectivity index (χ0n) is 21.0. The van der Waals surface area contributed by atoms with Crippen molar-refractivity contribution in [2.45, 2.75) is 52.6 Å². The van der Waals surface area contributed by atoms with E-state index in [4.69, 9.17) is 5.73 Å². The predicted molar refractivity (Wildman–Crippen MR) is 138 cm³/mol. The first-order valence-corrected chi connectivity index (χ1v) is 13.1. The topological polar surface area (TPSA) is 121 Å². The Morgan fingerprint density at radius 1 is 1.10 bits per heavy atom. The minimum Gasteiger partial charge on any atom is -0.365 e. The molecule has 0 aliphatic rings. The first kappa shape index (κ1) is 29.5. The van der Waals surface area contributed by atoms with Crippen molar-refractivity contribution in [1.29, 1.82) is 0 Å². The molecule has 3 N–H and O–H groups in total. The maximum atomic E-state index is 13.7. The number of carbonyl (C=O) groups excluding carboxylic acids is 2. The van der Waals surface area contributed by atoms with Crippen molar-refractivity contribution < 1.29 is 35.9 Å². The number of nitrogens with two attached hydrogens (primary N) is 1. The summed E-state index contributed by atoms with van der Waals surface area (Å²) in [4.78, 5) is 28.5. The van der Waals surface area contributed by atoms with Gasteiger partial charge in [-0.25, -0.2) is 4.98 Å². The second kappa shape index (κ2) is 10.5. The van der Waals surface area contributed by atoms with Crippen LogP contribution in [-0.4, -0.2) is 36.4 Å². The third-order valence-corrected chi connectivity index (χ3v) is 8.00. The van der Waals surface area contributed by atoms with E-state index in [-0.39, 0.29) is 49.5 Å². The van der Waals surface area contributed by atoms with E-state index >= 15 is 0 Å². The number of amides is 2. The van der Waals surface area contributed by atoms with E-state index in [1.807, 2.05) is 0 Å². The van der Waals surface area contributed by atoms with Crippen molar-refractivity contribution in [2.75, 3.05) is 5.32 Å². The number of nitrogens with zero attached hydrogens (tertiary/aromatic N) is 5. The molecule has 0 saturated carbocycles. The van der Waals surface area contributed by atoms with Crippen LogP contribution in [0.15, 0.2) is 16.7 Å². The summed E-state index contributed by atoms with van der Waals surface area (Å²) in [5, 5.41) is 10.4. The Hall–Kier alpha value is -3.47. The highest BCUT2D eigenvalue weighted by Gasteiger charge is 2.38. The molecule has 4 aromatic heterocycles. The zero-order chi connectivity index (χ0) is 29.7. The number of hydrogen-bond acceptors (Lipinski definition) is 6. The molecule has 2 amide bonds. The smallest absolute Gasteiger partial charge is 0.365 e. The lowest BCUT2D eigenvalue weighted by molar-refractivity contribution is -0.142. The van der Waals surface area contributed by atoms with Gasteiger partial charge in [-0.05, 0) is 48.3 Å². The number of primary amides is 1. The first-order valence-electron chi connectivity index (χ1n) is 11.5. The number of aromatic nitrogens is 5. The van der Waals surface area contributed by atoms with E-state index in [9.17, 15) is 35.9 Å². The molecule has 214 valence electrons. The number of rotatable bonds is 7. The van der Waals surface area contributed by atoms with Gasteiger partial charge in [0.2, 0.25) is 5.91 Å². The fourth-order valence-electron chi connectivity index (χ4n) is 4.03. The molecule has 0 radical (unpaired) electrons. The highest BCUT2D eigenvalue weighted by Crippen LogP contribution is 2.44.